The highest BCUT2D eigenvalue weighted by atomic mass is 32.2. The van der Waals surface area contributed by atoms with Crippen LogP contribution < -0.4 is 19.5 Å². The van der Waals surface area contributed by atoms with E-state index in [2.05, 4.69) is 23.5 Å². The first-order valence-electron chi connectivity index (χ1n) is 11.3. The van der Waals surface area contributed by atoms with E-state index in [1.807, 2.05) is 65.7 Å². The highest BCUT2D eigenvalue weighted by molar-refractivity contribution is 8.17. The molecular weight excluding hydrogens is 462 g/mol. The molecule has 176 valence electrons. The molecule has 3 aromatic rings. The summed E-state index contributed by atoms with van der Waals surface area (Å²) in [5.74, 6) is 0.734. The number of hydrazone groups is 1. The van der Waals surface area contributed by atoms with Crippen LogP contribution in [0.5, 0.6) is 17.2 Å². The molecule has 2 atom stereocenters. The molecule has 3 aromatic carbocycles. The molecule has 1 spiro atoms. The van der Waals surface area contributed by atoms with Gasteiger partial charge >= 0.3 is 5.85 Å². The summed E-state index contributed by atoms with van der Waals surface area (Å²) in [7, 11) is 3.20. The van der Waals surface area contributed by atoms with Crippen molar-refractivity contribution in [3.63, 3.8) is 0 Å². The van der Waals surface area contributed by atoms with Gasteiger partial charge in [0.1, 0.15) is 5.75 Å². The van der Waals surface area contributed by atoms with Gasteiger partial charge in [0.05, 0.1) is 30.9 Å². The molecule has 7 nitrogen and oxygen atoms in total. The van der Waals surface area contributed by atoms with E-state index in [1.165, 1.54) is 0 Å². The van der Waals surface area contributed by atoms with Crippen molar-refractivity contribution in [1.29, 1.82) is 0 Å². The second kappa shape index (κ2) is 8.39. The monoisotopic (exact) mass is 485 g/mol. The zero-order valence-corrected chi connectivity index (χ0v) is 20.0. The normalized spacial score (nSPS) is 23.4. The number of methoxy groups -OCH3 is 2. The Bertz CT molecular complexity index is 1370. The molecule has 0 radical (unpaired) electrons. The lowest BCUT2D eigenvalue weighted by Crippen LogP contribution is -2.61. The second-order valence-electron chi connectivity index (χ2n) is 8.40. The van der Waals surface area contributed by atoms with Crippen LogP contribution in [0.25, 0.3) is 6.08 Å². The van der Waals surface area contributed by atoms with Gasteiger partial charge in [-0.3, -0.25) is 10.1 Å². The quantitative estimate of drug-likeness (QED) is 0.534. The average Bonchev–Trinajstić information content (AvgIpc) is 3.47. The smallest absolute Gasteiger partial charge is 0.314 e. The topological polar surface area (TPSA) is 72.4 Å². The minimum Gasteiger partial charge on any atom is -0.493 e. The molecule has 1 amide bonds. The number of amides is 1. The van der Waals surface area contributed by atoms with Gasteiger partial charge in [-0.05, 0) is 47.2 Å². The molecule has 3 aliphatic rings. The first-order valence-corrected chi connectivity index (χ1v) is 12.1. The zero-order chi connectivity index (χ0) is 24.0. The molecule has 1 N–H and O–H groups in total. The molecule has 35 heavy (non-hydrogen) atoms. The lowest BCUT2D eigenvalue weighted by molar-refractivity contribution is -0.0949. The minimum atomic E-state index is -1.25. The van der Waals surface area contributed by atoms with Gasteiger partial charge < -0.3 is 14.2 Å². The van der Waals surface area contributed by atoms with Gasteiger partial charge in [0.25, 0.3) is 5.24 Å². The summed E-state index contributed by atoms with van der Waals surface area (Å²) in [4.78, 5) is 13.5. The van der Waals surface area contributed by atoms with Crippen LogP contribution in [0.3, 0.4) is 0 Å². The summed E-state index contributed by atoms with van der Waals surface area (Å²) in [6, 6.07) is 23.6. The predicted molar refractivity (Wildman–Crippen MR) is 136 cm³/mol. The summed E-state index contributed by atoms with van der Waals surface area (Å²) in [6.07, 6.45) is 2.64. The van der Waals surface area contributed by atoms with E-state index in [-0.39, 0.29) is 11.3 Å². The predicted octanol–water partition coefficient (Wildman–Crippen LogP) is 5.40. The van der Waals surface area contributed by atoms with E-state index in [4.69, 9.17) is 19.3 Å². The highest BCUT2D eigenvalue weighted by Gasteiger charge is 2.58. The van der Waals surface area contributed by atoms with Gasteiger partial charge in [-0.1, -0.05) is 54.6 Å². The minimum absolute atomic E-state index is 0.0806. The Morgan fingerprint density at radius 1 is 1.06 bits per heavy atom. The van der Waals surface area contributed by atoms with Crippen LogP contribution in [-0.4, -0.2) is 36.0 Å². The lowest BCUT2D eigenvalue weighted by atomic mass is 9.95. The Kier molecular flexibility index (Phi) is 5.18. The SMILES string of the molecule is COc1ccc(/C=C2\SC(=O)N[C@@]23Oc2ccccc2[C@@H]2CC(c4ccccc4)=NN23)cc1OC. The van der Waals surface area contributed by atoms with E-state index in [0.717, 1.165) is 39.9 Å². The molecule has 0 saturated carbocycles. The Balaban J connectivity index is 1.49. The van der Waals surface area contributed by atoms with Crippen LogP contribution in [0.4, 0.5) is 4.79 Å². The third kappa shape index (κ3) is 3.52. The van der Waals surface area contributed by atoms with E-state index in [1.54, 1.807) is 14.2 Å². The summed E-state index contributed by atoms with van der Waals surface area (Å²) < 4.78 is 17.4. The number of rotatable bonds is 4. The number of thioether (sulfide) groups is 1. The lowest BCUT2D eigenvalue weighted by Gasteiger charge is -2.45. The summed E-state index contributed by atoms with van der Waals surface area (Å²) in [6.45, 7) is 0. The number of nitrogens with zero attached hydrogens (tertiary/aromatic N) is 2. The average molecular weight is 486 g/mol. The van der Waals surface area contributed by atoms with Crippen molar-refractivity contribution in [2.24, 2.45) is 5.10 Å². The maximum Gasteiger partial charge on any atom is 0.314 e. The van der Waals surface area contributed by atoms with Crippen molar-refractivity contribution in [3.05, 3.63) is 94.4 Å². The summed E-state index contributed by atoms with van der Waals surface area (Å²) in [5, 5.41) is 9.79. The van der Waals surface area contributed by atoms with Crippen LogP contribution in [0.15, 0.2) is 82.8 Å². The van der Waals surface area contributed by atoms with E-state index < -0.39 is 5.85 Å². The van der Waals surface area contributed by atoms with Gasteiger partial charge in [0, 0.05) is 12.0 Å². The van der Waals surface area contributed by atoms with Crippen LogP contribution in [-0.2, 0) is 0 Å². The van der Waals surface area contributed by atoms with Crippen molar-refractivity contribution in [3.8, 4) is 17.2 Å². The van der Waals surface area contributed by atoms with Gasteiger partial charge in [0.15, 0.2) is 11.5 Å². The summed E-state index contributed by atoms with van der Waals surface area (Å²) >= 11 is 1.11. The number of carbonyl (C=O) groups is 1. The van der Waals surface area contributed by atoms with Gasteiger partial charge in [-0.15, -0.1) is 0 Å². The number of hydrogen-bond donors (Lipinski definition) is 1. The number of hydrogen-bond acceptors (Lipinski definition) is 7. The molecule has 6 rings (SSSR count). The van der Waals surface area contributed by atoms with Crippen LogP contribution in [0.1, 0.15) is 29.2 Å². The van der Waals surface area contributed by atoms with Crippen LogP contribution in [0, 0.1) is 0 Å². The fourth-order valence-electron chi connectivity index (χ4n) is 4.76. The molecule has 8 heteroatoms. The van der Waals surface area contributed by atoms with Crippen molar-refractivity contribution in [2.75, 3.05) is 14.2 Å². The van der Waals surface area contributed by atoms with Crippen LogP contribution in [0.2, 0.25) is 0 Å². The third-order valence-electron chi connectivity index (χ3n) is 6.39. The third-order valence-corrected chi connectivity index (χ3v) is 7.29. The Morgan fingerprint density at radius 2 is 1.83 bits per heavy atom. The molecule has 1 fully saturated rings. The number of para-hydroxylation sites is 1. The summed E-state index contributed by atoms with van der Waals surface area (Å²) in [5.41, 5.74) is 3.90. The maximum absolute atomic E-state index is 12.8. The molecule has 3 heterocycles. The van der Waals surface area contributed by atoms with Crippen molar-refractivity contribution < 1.29 is 19.0 Å². The fourth-order valence-corrected chi connectivity index (χ4v) is 5.67. The molecular formula is C27H23N3O4S. The van der Waals surface area contributed by atoms with Crippen molar-refractivity contribution >= 4 is 28.8 Å². The molecule has 3 aliphatic heterocycles. The number of ether oxygens (including phenoxy) is 3. The van der Waals surface area contributed by atoms with Crippen LogP contribution >= 0.6 is 11.8 Å². The Morgan fingerprint density at radius 3 is 2.63 bits per heavy atom. The molecule has 0 unspecified atom stereocenters. The van der Waals surface area contributed by atoms with E-state index >= 15 is 0 Å². The Hall–Kier alpha value is -3.91. The first kappa shape index (κ1) is 21.6. The molecule has 0 aromatic heterocycles. The Labute approximate surface area is 207 Å². The first-order chi connectivity index (χ1) is 17.1. The molecule has 1 saturated heterocycles. The maximum atomic E-state index is 12.8. The fraction of sp³-hybridized carbons (Fsp3) is 0.185. The van der Waals surface area contributed by atoms with E-state index in [9.17, 15) is 4.79 Å². The standard InChI is InChI=1S/C27H23N3O4S/c1-32-23-13-12-17(14-24(23)33-2)15-25-27(28-26(31)35-25)30-21(19-10-6-7-11-22(19)34-27)16-20(29-30)18-8-4-3-5-9-18/h3-15,21H,16H2,1-2H3,(H,28,31)/b25-15-/t21-,27-/m0/s1. The number of nitrogens with one attached hydrogen (secondary N) is 1. The van der Waals surface area contributed by atoms with Gasteiger partial charge in [-0.25, -0.2) is 5.01 Å². The number of fused-ring (bicyclic) bond motifs is 4. The second-order valence-corrected chi connectivity index (χ2v) is 9.41. The van der Waals surface area contributed by atoms with Gasteiger partial charge in [0.2, 0.25) is 0 Å². The highest BCUT2D eigenvalue weighted by Crippen LogP contribution is 2.52. The van der Waals surface area contributed by atoms with Crippen molar-refractivity contribution in [2.45, 2.75) is 18.3 Å². The molecule has 0 aliphatic carbocycles. The van der Waals surface area contributed by atoms with Crippen molar-refractivity contribution in [1.82, 2.24) is 10.3 Å². The van der Waals surface area contributed by atoms with E-state index in [0.29, 0.717) is 22.8 Å². The van der Waals surface area contributed by atoms with Gasteiger partial charge in [-0.2, -0.15) is 5.10 Å². The zero-order valence-electron chi connectivity index (χ0n) is 19.2. The largest absolute Gasteiger partial charge is 0.493 e. The number of carbonyl (C=O) groups excluding carboxylic acids is 1. The number of benzene rings is 3. The molecule has 0 bridgehead atoms.